The summed E-state index contributed by atoms with van der Waals surface area (Å²) in [6, 6.07) is -0.680. The van der Waals surface area contributed by atoms with E-state index >= 15 is 0 Å². The number of nitrogens with zero attached hydrogens (tertiary/aromatic N) is 1. The summed E-state index contributed by atoms with van der Waals surface area (Å²) in [6.45, 7) is 8.38. The van der Waals surface area contributed by atoms with Crippen LogP contribution in [0.1, 0.15) is 40.5 Å². The maximum absolute atomic E-state index is 13.3. The van der Waals surface area contributed by atoms with Crippen LogP contribution in [0.2, 0.25) is 0 Å². The lowest BCUT2D eigenvalue weighted by molar-refractivity contribution is -0.140. The Morgan fingerprint density at radius 2 is 2.07 bits per heavy atom. The van der Waals surface area contributed by atoms with Crippen LogP contribution in [0.15, 0.2) is 0 Å². The maximum atomic E-state index is 13.3. The molecule has 1 spiro atoms. The summed E-state index contributed by atoms with van der Waals surface area (Å²) in [5.41, 5.74) is 0. The zero-order valence-corrected chi connectivity index (χ0v) is 17.3. The quantitative estimate of drug-likeness (QED) is 0.576. The van der Waals surface area contributed by atoms with Crippen molar-refractivity contribution in [2.45, 2.75) is 62.6 Å². The van der Waals surface area contributed by atoms with Gasteiger partial charge in [-0.25, -0.2) is 0 Å². The van der Waals surface area contributed by atoms with Crippen molar-refractivity contribution in [1.29, 1.82) is 0 Å². The van der Waals surface area contributed by atoms with E-state index in [0.717, 1.165) is 12.8 Å². The molecule has 3 aliphatic heterocycles. The van der Waals surface area contributed by atoms with E-state index in [1.165, 1.54) is 4.90 Å². The molecule has 3 amide bonds. The van der Waals surface area contributed by atoms with E-state index in [1.807, 2.05) is 20.8 Å². The van der Waals surface area contributed by atoms with Gasteiger partial charge in [0.2, 0.25) is 17.7 Å². The second-order valence-electron chi connectivity index (χ2n) is 8.26. The first-order valence-electron chi connectivity index (χ1n) is 9.96. The lowest BCUT2D eigenvalue weighted by Gasteiger charge is -2.38. The van der Waals surface area contributed by atoms with Gasteiger partial charge in [-0.15, -0.1) is 11.8 Å². The third-order valence-electron chi connectivity index (χ3n) is 6.12. The Morgan fingerprint density at radius 3 is 2.67 bits per heavy atom. The van der Waals surface area contributed by atoms with E-state index in [1.54, 1.807) is 11.8 Å². The Balaban J connectivity index is 2.00. The van der Waals surface area contributed by atoms with E-state index in [4.69, 9.17) is 0 Å². The van der Waals surface area contributed by atoms with Gasteiger partial charge in [0.25, 0.3) is 0 Å². The van der Waals surface area contributed by atoms with Crippen LogP contribution in [0.3, 0.4) is 0 Å². The topological polar surface area (TPSA) is 98.7 Å². The van der Waals surface area contributed by atoms with Crippen molar-refractivity contribution < 1.29 is 19.5 Å². The highest BCUT2D eigenvalue weighted by atomic mass is 32.2. The first kappa shape index (κ1) is 20.5. The summed E-state index contributed by atoms with van der Waals surface area (Å²) in [4.78, 5) is 40.8. The number of thioether (sulfide) groups is 1. The van der Waals surface area contributed by atoms with Crippen LogP contribution < -0.4 is 10.6 Å². The molecule has 3 N–H and O–H groups in total. The summed E-state index contributed by atoms with van der Waals surface area (Å²) >= 11 is 1.66. The number of rotatable bonds is 7. The molecule has 8 heteroatoms. The molecule has 0 aromatic rings. The molecule has 0 radical (unpaired) electrons. The normalized spacial score (nSPS) is 37.0. The van der Waals surface area contributed by atoms with Crippen LogP contribution in [-0.4, -0.2) is 69.5 Å². The van der Waals surface area contributed by atoms with Gasteiger partial charge >= 0.3 is 0 Å². The highest BCUT2D eigenvalue weighted by Gasteiger charge is 2.75. The van der Waals surface area contributed by atoms with E-state index in [0.29, 0.717) is 6.54 Å². The molecular formula is C19H31N3O4S. The van der Waals surface area contributed by atoms with Gasteiger partial charge in [-0.2, -0.15) is 0 Å². The number of carbonyl (C=O) groups is 3. The molecule has 152 valence electrons. The Morgan fingerprint density at radius 1 is 1.37 bits per heavy atom. The fourth-order valence-corrected chi connectivity index (χ4v) is 7.62. The minimum atomic E-state index is -0.640. The third kappa shape index (κ3) is 3.05. The fourth-order valence-electron chi connectivity index (χ4n) is 5.20. The molecule has 2 bridgehead atoms. The van der Waals surface area contributed by atoms with E-state index in [-0.39, 0.29) is 48.1 Å². The van der Waals surface area contributed by atoms with Gasteiger partial charge in [0.15, 0.2) is 0 Å². The number of fused-ring (bicyclic) bond motifs is 1. The van der Waals surface area contributed by atoms with Crippen molar-refractivity contribution in [1.82, 2.24) is 15.5 Å². The summed E-state index contributed by atoms with van der Waals surface area (Å²) in [7, 11) is 0. The minimum Gasteiger partial charge on any atom is -0.395 e. The van der Waals surface area contributed by atoms with Crippen molar-refractivity contribution in [3.8, 4) is 0 Å². The maximum Gasteiger partial charge on any atom is 0.244 e. The molecule has 3 fully saturated rings. The number of amides is 3. The van der Waals surface area contributed by atoms with E-state index in [9.17, 15) is 19.5 Å². The van der Waals surface area contributed by atoms with Gasteiger partial charge in [0.1, 0.15) is 6.04 Å². The molecule has 3 heterocycles. The number of aliphatic hydroxyl groups is 1. The Kier molecular flexibility index (Phi) is 5.77. The molecule has 0 aromatic carbocycles. The van der Waals surface area contributed by atoms with Crippen LogP contribution in [-0.2, 0) is 14.4 Å². The predicted octanol–water partition coefficient (Wildman–Crippen LogP) is 0.367. The van der Waals surface area contributed by atoms with Gasteiger partial charge < -0.3 is 20.6 Å². The molecule has 3 saturated heterocycles. The van der Waals surface area contributed by atoms with Crippen molar-refractivity contribution in [3.05, 3.63) is 0 Å². The Bertz CT molecular complexity index is 628. The number of β-amino-alcohol motifs (C(OH)–C–C–N with tert-alkyl or cyclic N) is 1. The Hall–Kier alpha value is -1.28. The Labute approximate surface area is 165 Å². The van der Waals surface area contributed by atoms with E-state index in [2.05, 4.69) is 17.6 Å². The number of aliphatic hydroxyl groups excluding tert-OH is 1. The van der Waals surface area contributed by atoms with Crippen molar-refractivity contribution in [2.75, 3.05) is 19.7 Å². The monoisotopic (exact) mass is 397 g/mol. The summed E-state index contributed by atoms with van der Waals surface area (Å²) in [5.74, 6) is -1.15. The third-order valence-corrected chi connectivity index (χ3v) is 8.19. The molecule has 27 heavy (non-hydrogen) atoms. The van der Waals surface area contributed by atoms with Gasteiger partial charge in [0.05, 0.1) is 23.2 Å². The largest absolute Gasteiger partial charge is 0.395 e. The second-order valence-corrected chi connectivity index (χ2v) is 9.81. The number of likely N-dealkylation sites (tertiary alicyclic amines) is 1. The molecule has 0 saturated carbocycles. The number of hydrogen-bond donors (Lipinski definition) is 3. The molecule has 3 unspecified atom stereocenters. The molecule has 7 nitrogen and oxygen atoms in total. The molecule has 6 atom stereocenters. The first-order valence-corrected chi connectivity index (χ1v) is 10.8. The van der Waals surface area contributed by atoms with Gasteiger partial charge in [0, 0.05) is 24.4 Å². The van der Waals surface area contributed by atoms with Gasteiger partial charge in [-0.05, 0) is 32.6 Å². The van der Waals surface area contributed by atoms with Crippen LogP contribution in [0, 0.1) is 17.8 Å². The lowest BCUT2D eigenvalue weighted by Crippen LogP contribution is -2.57. The first-order chi connectivity index (χ1) is 12.8. The van der Waals surface area contributed by atoms with Gasteiger partial charge in [-0.1, -0.05) is 13.8 Å². The highest BCUT2D eigenvalue weighted by Crippen LogP contribution is 2.68. The number of nitrogens with one attached hydrogen (secondary N) is 2. The van der Waals surface area contributed by atoms with Crippen molar-refractivity contribution >= 4 is 29.5 Å². The fraction of sp³-hybridized carbons (Fsp3) is 0.842. The van der Waals surface area contributed by atoms with Crippen LogP contribution in [0.4, 0.5) is 0 Å². The zero-order valence-electron chi connectivity index (χ0n) is 16.5. The second kappa shape index (κ2) is 7.62. The summed E-state index contributed by atoms with van der Waals surface area (Å²) in [5, 5.41) is 15.5. The molecular weight excluding hydrogens is 366 g/mol. The van der Waals surface area contributed by atoms with Crippen LogP contribution in [0.25, 0.3) is 0 Å². The van der Waals surface area contributed by atoms with Crippen molar-refractivity contribution in [2.24, 2.45) is 17.8 Å². The van der Waals surface area contributed by atoms with Crippen LogP contribution >= 0.6 is 11.8 Å². The predicted molar refractivity (Wildman–Crippen MR) is 104 cm³/mol. The highest BCUT2D eigenvalue weighted by molar-refractivity contribution is 8.02. The summed E-state index contributed by atoms with van der Waals surface area (Å²) in [6.07, 6.45) is 1.67. The lowest BCUT2D eigenvalue weighted by atomic mass is 9.66. The smallest absolute Gasteiger partial charge is 0.244 e. The van der Waals surface area contributed by atoms with Gasteiger partial charge in [-0.3, -0.25) is 14.4 Å². The summed E-state index contributed by atoms with van der Waals surface area (Å²) < 4.78 is -0.593. The molecule has 0 aromatic heterocycles. The van der Waals surface area contributed by atoms with E-state index < -0.39 is 22.6 Å². The SMILES string of the molecule is CCCNC(=O)[C@@H]1[C@@H]2CC(C)C3(S2)C(C(=O)NC(C)C)N(CCO)C(=O)[C@H]13. The number of hydrogen-bond acceptors (Lipinski definition) is 5. The molecule has 3 rings (SSSR count). The minimum absolute atomic E-state index is 0.0402. The molecule has 0 aliphatic carbocycles. The molecule has 3 aliphatic rings. The standard InChI is InChI=1S/C19H31N3O4S/c1-5-6-20-16(24)13-12-9-11(4)19(27-12)14(13)18(26)22(7-8-23)15(19)17(25)21-10(2)3/h10-15,23H,5-9H2,1-4H3,(H,20,24)(H,21,25)/t11?,12-,13+,14-,15?,19?/m0/s1. The van der Waals surface area contributed by atoms with Crippen molar-refractivity contribution in [3.63, 3.8) is 0 Å². The average Bonchev–Trinajstić information content (AvgIpc) is 3.17. The number of carbonyl (C=O) groups excluding carboxylic acids is 3. The average molecular weight is 398 g/mol. The van der Waals surface area contributed by atoms with Crippen LogP contribution in [0.5, 0.6) is 0 Å². The zero-order chi connectivity index (χ0) is 19.9.